The van der Waals surface area contributed by atoms with Crippen LogP contribution in [-0.2, 0) is 0 Å². The Kier molecular flexibility index (Phi) is 8.42. The Bertz CT molecular complexity index is 1800. The van der Waals surface area contributed by atoms with Gasteiger partial charge in [-0.15, -0.1) is 0 Å². The van der Waals surface area contributed by atoms with E-state index in [9.17, 15) is 0 Å². The molecule has 4 heteroatoms. The number of anilines is 6. The summed E-state index contributed by atoms with van der Waals surface area (Å²) >= 11 is 0. The molecule has 0 fully saturated rings. The lowest BCUT2D eigenvalue weighted by Gasteiger charge is -2.26. The fraction of sp³-hybridized carbons (Fsp3) is 0.0500. The Labute approximate surface area is 259 Å². The Hall–Kier alpha value is -5.74. The van der Waals surface area contributed by atoms with Gasteiger partial charge < -0.3 is 19.3 Å². The number of rotatable bonds is 10. The fourth-order valence-corrected chi connectivity index (χ4v) is 5.30. The van der Waals surface area contributed by atoms with Crippen molar-refractivity contribution in [1.82, 2.24) is 0 Å². The predicted molar refractivity (Wildman–Crippen MR) is 184 cm³/mol. The number of hydrogen-bond acceptors (Lipinski definition) is 4. The molecule has 0 aromatic heterocycles. The van der Waals surface area contributed by atoms with E-state index in [1.807, 2.05) is 36.4 Å². The molecule has 216 valence electrons. The van der Waals surface area contributed by atoms with Crippen LogP contribution in [0.5, 0.6) is 11.5 Å². The van der Waals surface area contributed by atoms with Gasteiger partial charge in [0.15, 0.2) is 0 Å². The molecule has 0 bridgehead atoms. The van der Waals surface area contributed by atoms with Gasteiger partial charge in [-0.1, -0.05) is 67.3 Å². The van der Waals surface area contributed by atoms with E-state index in [4.69, 9.17) is 9.47 Å². The first kappa shape index (κ1) is 28.4. The number of para-hydroxylation sites is 1. The zero-order chi connectivity index (χ0) is 30.3. The van der Waals surface area contributed by atoms with Crippen LogP contribution in [0.15, 0.2) is 158 Å². The molecular formula is C40H34N2O2. The molecule has 0 saturated heterocycles. The van der Waals surface area contributed by atoms with E-state index in [2.05, 4.69) is 138 Å². The number of hydrogen-bond donors (Lipinski definition) is 0. The van der Waals surface area contributed by atoms with Crippen molar-refractivity contribution in [2.75, 3.05) is 24.0 Å². The third kappa shape index (κ3) is 6.06. The van der Waals surface area contributed by atoms with Crippen molar-refractivity contribution in [3.63, 3.8) is 0 Å². The molecule has 4 nitrogen and oxygen atoms in total. The van der Waals surface area contributed by atoms with Crippen LogP contribution in [0.4, 0.5) is 34.1 Å². The van der Waals surface area contributed by atoms with Gasteiger partial charge in [0.25, 0.3) is 0 Å². The second-order valence-electron chi connectivity index (χ2n) is 10.3. The van der Waals surface area contributed by atoms with Crippen LogP contribution in [-0.4, -0.2) is 14.2 Å². The molecule has 0 heterocycles. The molecule has 0 amide bonds. The number of ether oxygens (including phenoxy) is 2. The fourth-order valence-electron chi connectivity index (χ4n) is 5.30. The highest BCUT2D eigenvalue weighted by Crippen LogP contribution is 2.38. The largest absolute Gasteiger partial charge is 0.497 e. The third-order valence-electron chi connectivity index (χ3n) is 7.65. The Morgan fingerprint density at radius 3 is 1.07 bits per heavy atom. The van der Waals surface area contributed by atoms with Crippen molar-refractivity contribution < 1.29 is 9.47 Å². The van der Waals surface area contributed by atoms with Crippen LogP contribution >= 0.6 is 0 Å². The molecule has 0 aliphatic rings. The average molecular weight is 575 g/mol. The number of benzene rings is 6. The van der Waals surface area contributed by atoms with Gasteiger partial charge >= 0.3 is 0 Å². The van der Waals surface area contributed by atoms with E-state index < -0.39 is 0 Å². The van der Waals surface area contributed by atoms with Gasteiger partial charge in [-0.3, -0.25) is 0 Å². The van der Waals surface area contributed by atoms with Gasteiger partial charge in [0.05, 0.1) is 14.2 Å². The molecule has 0 aliphatic heterocycles. The van der Waals surface area contributed by atoms with E-state index in [0.29, 0.717) is 0 Å². The molecule has 6 rings (SSSR count). The topological polar surface area (TPSA) is 24.9 Å². The first-order chi connectivity index (χ1) is 21.7. The van der Waals surface area contributed by atoms with Crippen LogP contribution in [0.25, 0.3) is 17.2 Å². The quantitative estimate of drug-likeness (QED) is 0.162. The zero-order valence-electron chi connectivity index (χ0n) is 24.9. The summed E-state index contributed by atoms with van der Waals surface area (Å²) in [6, 6.07) is 52.5. The van der Waals surface area contributed by atoms with Crippen molar-refractivity contribution in [1.29, 1.82) is 0 Å². The molecule has 0 atom stereocenters. The summed E-state index contributed by atoms with van der Waals surface area (Å²) in [4.78, 5) is 4.49. The summed E-state index contributed by atoms with van der Waals surface area (Å²) in [6.45, 7) is 3.90. The van der Waals surface area contributed by atoms with Crippen LogP contribution < -0.4 is 19.3 Å². The molecule has 0 spiro atoms. The van der Waals surface area contributed by atoms with Gasteiger partial charge in [-0.2, -0.15) is 0 Å². The van der Waals surface area contributed by atoms with E-state index in [1.54, 1.807) is 14.2 Å². The summed E-state index contributed by atoms with van der Waals surface area (Å²) in [7, 11) is 3.37. The Morgan fingerprint density at radius 2 is 0.727 bits per heavy atom. The van der Waals surface area contributed by atoms with Gasteiger partial charge in [0, 0.05) is 34.1 Å². The van der Waals surface area contributed by atoms with Crippen molar-refractivity contribution in [3.8, 4) is 22.6 Å². The van der Waals surface area contributed by atoms with E-state index >= 15 is 0 Å². The summed E-state index contributed by atoms with van der Waals surface area (Å²) in [6.07, 6.45) is 1.86. The maximum absolute atomic E-state index is 5.40. The highest BCUT2D eigenvalue weighted by Gasteiger charge is 2.15. The maximum Gasteiger partial charge on any atom is 0.119 e. The summed E-state index contributed by atoms with van der Waals surface area (Å²) in [5.41, 5.74) is 9.80. The van der Waals surface area contributed by atoms with E-state index in [1.165, 1.54) is 0 Å². The molecule has 6 aromatic carbocycles. The molecule has 0 unspecified atom stereocenters. The Morgan fingerprint density at radius 1 is 0.409 bits per heavy atom. The minimum absolute atomic E-state index is 0.826. The Balaban J connectivity index is 1.31. The predicted octanol–water partition coefficient (Wildman–Crippen LogP) is 11.0. The second-order valence-corrected chi connectivity index (χ2v) is 10.3. The minimum Gasteiger partial charge on any atom is -0.497 e. The molecule has 0 N–H and O–H groups in total. The van der Waals surface area contributed by atoms with Crippen molar-refractivity contribution in [2.24, 2.45) is 0 Å². The lowest BCUT2D eigenvalue weighted by atomic mass is 10.0. The normalized spacial score (nSPS) is 10.6. The first-order valence-electron chi connectivity index (χ1n) is 14.5. The van der Waals surface area contributed by atoms with Crippen LogP contribution in [0.3, 0.4) is 0 Å². The molecular weight excluding hydrogens is 540 g/mol. The van der Waals surface area contributed by atoms with Gasteiger partial charge in [-0.25, -0.2) is 0 Å². The summed E-state index contributed by atoms with van der Waals surface area (Å²) in [5.74, 6) is 1.66. The highest BCUT2D eigenvalue weighted by molar-refractivity contribution is 5.81. The van der Waals surface area contributed by atoms with E-state index in [-0.39, 0.29) is 0 Å². The van der Waals surface area contributed by atoms with Gasteiger partial charge in [0.2, 0.25) is 0 Å². The highest BCUT2D eigenvalue weighted by atomic mass is 16.5. The molecule has 44 heavy (non-hydrogen) atoms. The van der Waals surface area contributed by atoms with Crippen molar-refractivity contribution in [3.05, 3.63) is 164 Å². The zero-order valence-corrected chi connectivity index (χ0v) is 24.9. The molecule has 0 saturated carbocycles. The second kappa shape index (κ2) is 13.1. The molecule has 0 aliphatic carbocycles. The monoisotopic (exact) mass is 574 g/mol. The third-order valence-corrected chi connectivity index (χ3v) is 7.65. The lowest BCUT2D eigenvalue weighted by molar-refractivity contribution is 0.414. The summed E-state index contributed by atoms with van der Waals surface area (Å²) in [5, 5.41) is 0. The van der Waals surface area contributed by atoms with Crippen molar-refractivity contribution in [2.45, 2.75) is 0 Å². The van der Waals surface area contributed by atoms with Gasteiger partial charge in [-0.05, 0) is 114 Å². The first-order valence-corrected chi connectivity index (χ1v) is 14.5. The average Bonchev–Trinajstić information content (AvgIpc) is 3.10. The number of methoxy groups -OCH3 is 2. The lowest BCUT2D eigenvalue weighted by Crippen LogP contribution is -2.10. The maximum atomic E-state index is 5.40. The summed E-state index contributed by atoms with van der Waals surface area (Å²) < 4.78 is 10.8. The SMILES string of the molecule is C=Cc1ccc(N(c2ccc(OC)cc2)c2ccc(-c3ccc(N(c4ccccc4)c4ccc(OC)cc4)cc3)cc2)cc1. The van der Waals surface area contributed by atoms with Crippen LogP contribution in [0.2, 0.25) is 0 Å². The van der Waals surface area contributed by atoms with Crippen LogP contribution in [0, 0.1) is 0 Å². The smallest absolute Gasteiger partial charge is 0.119 e. The van der Waals surface area contributed by atoms with E-state index in [0.717, 1.165) is 62.3 Å². The van der Waals surface area contributed by atoms with Gasteiger partial charge in [0.1, 0.15) is 11.5 Å². The van der Waals surface area contributed by atoms with Crippen LogP contribution in [0.1, 0.15) is 5.56 Å². The number of nitrogens with zero attached hydrogens (tertiary/aromatic N) is 2. The minimum atomic E-state index is 0.826. The van der Waals surface area contributed by atoms with Crippen molar-refractivity contribution >= 4 is 40.2 Å². The molecule has 0 radical (unpaired) electrons. The standard InChI is InChI=1S/C40H34N2O2/c1-4-30-10-16-34(17-11-30)42(38-24-28-40(44-3)29-25-38)36-20-14-32(15-21-36)31-12-18-35(19-13-31)41(33-8-6-5-7-9-33)37-22-26-39(43-2)27-23-37/h4-29H,1H2,2-3H3. The molecule has 6 aromatic rings.